The summed E-state index contributed by atoms with van der Waals surface area (Å²) in [6.45, 7) is 0. The fraction of sp³-hybridized carbons (Fsp3) is 0. The zero-order valence-corrected chi connectivity index (χ0v) is 8.12. The van der Waals surface area contributed by atoms with Crippen LogP contribution in [0.5, 0.6) is 5.75 Å². The SMILES string of the molecule is Oc1ccc(-c2nn[nH]n2)c2cccnc12. The molecule has 0 radical (unpaired) electrons. The van der Waals surface area contributed by atoms with Crippen molar-refractivity contribution in [3.05, 3.63) is 30.5 Å². The van der Waals surface area contributed by atoms with Gasteiger partial charge in [-0.15, -0.1) is 10.2 Å². The number of aromatic hydroxyl groups is 1. The molecule has 1 aromatic carbocycles. The number of tetrazole rings is 1. The second-order valence-electron chi connectivity index (χ2n) is 3.27. The van der Waals surface area contributed by atoms with Crippen LogP contribution in [0.25, 0.3) is 22.3 Å². The number of hydrogen-bond donors (Lipinski definition) is 2. The lowest BCUT2D eigenvalue weighted by Gasteiger charge is -2.03. The number of aromatic nitrogens is 5. The van der Waals surface area contributed by atoms with Crippen LogP contribution < -0.4 is 0 Å². The van der Waals surface area contributed by atoms with Gasteiger partial charge in [0, 0.05) is 17.1 Å². The molecule has 0 unspecified atom stereocenters. The summed E-state index contributed by atoms with van der Waals surface area (Å²) >= 11 is 0. The maximum atomic E-state index is 9.67. The second kappa shape index (κ2) is 3.27. The molecule has 0 amide bonds. The van der Waals surface area contributed by atoms with Crippen LogP contribution in [0.15, 0.2) is 30.5 Å². The van der Waals surface area contributed by atoms with Crippen LogP contribution in [0, 0.1) is 0 Å². The summed E-state index contributed by atoms with van der Waals surface area (Å²) in [5, 5.41) is 24.2. The summed E-state index contributed by atoms with van der Waals surface area (Å²) in [6, 6.07) is 6.96. The van der Waals surface area contributed by atoms with E-state index in [-0.39, 0.29) is 5.75 Å². The molecule has 0 aliphatic heterocycles. The smallest absolute Gasteiger partial charge is 0.205 e. The van der Waals surface area contributed by atoms with Gasteiger partial charge in [0.2, 0.25) is 5.82 Å². The number of benzene rings is 1. The number of phenolic OH excluding ortho intramolecular Hbond substituents is 1. The van der Waals surface area contributed by atoms with Gasteiger partial charge in [0.1, 0.15) is 11.3 Å². The standard InChI is InChI=1S/C10H7N5O/c16-8-4-3-7(10-12-14-15-13-10)6-2-1-5-11-9(6)8/h1-5,16H,(H,12,13,14,15). The molecule has 0 saturated heterocycles. The number of nitrogens with zero attached hydrogens (tertiary/aromatic N) is 4. The van der Waals surface area contributed by atoms with E-state index >= 15 is 0 Å². The lowest BCUT2D eigenvalue weighted by Crippen LogP contribution is -1.86. The largest absolute Gasteiger partial charge is 0.506 e. The highest BCUT2D eigenvalue weighted by Gasteiger charge is 2.10. The number of nitrogens with one attached hydrogen (secondary N) is 1. The molecular weight excluding hydrogens is 206 g/mol. The predicted molar refractivity (Wildman–Crippen MR) is 56.6 cm³/mol. The summed E-state index contributed by atoms with van der Waals surface area (Å²) in [6.07, 6.45) is 1.63. The van der Waals surface area contributed by atoms with E-state index in [1.54, 1.807) is 24.4 Å². The van der Waals surface area contributed by atoms with Crippen LogP contribution >= 0.6 is 0 Å². The summed E-state index contributed by atoms with van der Waals surface area (Å²) in [5.41, 5.74) is 1.32. The van der Waals surface area contributed by atoms with Crippen molar-refractivity contribution in [2.45, 2.75) is 0 Å². The summed E-state index contributed by atoms with van der Waals surface area (Å²) in [7, 11) is 0. The van der Waals surface area contributed by atoms with E-state index < -0.39 is 0 Å². The molecule has 0 aliphatic carbocycles. The zero-order chi connectivity index (χ0) is 11.0. The van der Waals surface area contributed by atoms with E-state index in [0.717, 1.165) is 10.9 Å². The number of pyridine rings is 1. The van der Waals surface area contributed by atoms with Gasteiger partial charge in [-0.25, -0.2) is 0 Å². The monoisotopic (exact) mass is 213 g/mol. The number of hydrogen-bond acceptors (Lipinski definition) is 5. The number of fused-ring (bicyclic) bond motifs is 1. The second-order valence-corrected chi connectivity index (χ2v) is 3.27. The average Bonchev–Trinajstić information content (AvgIpc) is 2.83. The van der Waals surface area contributed by atoms with E-state index in [2.05, 4.69) is 25.6 Å². The molecule has 6 nitrogen and oxygen atoms in total. The minimum Gasteiger partial charge on any atom is -0.506 e. The van der Waals surface area contributed by atoms with Gasteiger partial charge >= 0.3 is 0 Å². The van der Waals surface area contributed by atoms with Crippen LogP contribution in [0.3, 0.4) is 0 Å². The van der Waals surface area contributed by atoms with Crippen molar-refractivity contribution in [3.8, 4) is 17.1 Å². The van der Waals surface area contributed by atoms with Gasteiger partial charge < -0.3 is 5.11 Å². The van der Waals surface area contributed by atoms with Crippen molar-refractivity contribution in [2.24, 2.45) is 0 Å². The summed E-state index contributed by atoms with van der Waals surface area (Å²) < 4.78 is 0. The number of phenols is 1. The summed E-state index contributed by atoms with van der Waals surface area (Å²) in [5.74, 6) is 0.626. The molecule has 78 valence electrons. The fourth-order valence-electron chi connectivity index (χ4n) is 1.63. The highest BCUT2D eigenvalue weighted by atomic mass is 16.3. The van der Waals surface area contributed by atoms with Gasteiger partial charge in [0.25, 0.3) is 0 Å². The van der Waals surface area contributed by atoms with Crippen molar-refractivity contribution in [3.63, 3.8) is 0 Å². The van der Waals surface area contributed by atoms with Crippen LogP contribution in [-0.2, 0) is 0 Å². The van der Waals surface area contributed by atoms with E-state index in [9.17, 15) is 5.11 Å². The van der Waals surface area contributed by atoms with Crippen LogP contribution in [-0.4, -0.2) is 30.7 Å². The number of rotatable bonds is 1. The minimum atomic E-state index is 0.142. The van der Waals surface area contributed by atoms with Crippen LogP contribution in [0.1, 0.15) is 0 Å². The highest BCUT2D eigenvalue weighted by molar-refractivity contribution is 5.95. The van der Waals surface area contributed by atoms with Crippen molar-refractivity contribution in [1.82, 2.24) is 25.6 Å². The molecular formula is C10H7N5O. The quantitative estimate of drug-likeness (QED) is 0.632. The maximum Gasteiger partial charge on any atom is 0.205 e. The lowest BCUT2D eigenvalue weighted by molar-refractivity contribution is 0.480. The Bertz CT molecular complexity index is 635. The molecule has 0 fully saturated rings. The Morgan fingerprint density at radius 2 is 2.12 bits per heavy atom. The molecule has 16 heavy (non-hydrogen) atoms. The average molecular weight is 213 g/mol. The van der Waals surface area contributed by atoms with E-state index in [1.165, 1.54) is 0 Å². The first kappa shape index (κ1) is 8.78. The lowest BCUT2D eigenvalue weighted by atomic mass is 10.1. The fourth-order valence-corrected chi connectivity index (χ4v) is 1.63. The molecule has 6 heteroatoms. The van der Waals surface area contributed by atoms with Crippen LogP contribution in [0.2, 0.25) is 0 Å². The third-order valence-corrected chi connectivity index (χ3v) is 2.33. The van der Waals surface area contributed by atoms with Crippen LogP contribution in [0.4, 0.5) is 0 Å². The first-order valence-electron chi connectivity index (χ1n) is 4.67. The first-order chi connectivity index (χ1) is 7.86. The molecule has 3 rings (SSSR count). The van der Waals surface area contributed by atoms with Gasteiger partial charge in [-0.3, -0.25) is 4.98 Å². The third-order valence-electron chi connectivity index (χ3n) is 2.33. The molecule has 0 spiro atoms. The number of aromatic amines is 1. The maximum absolute atomic E-state index is 9.67. The zero-order valence-electron chi connectivity index (χ0n) is 8.12. The Balaban J connectivity index is 2.39. The molecule has 3 aromatic rings. The van der Waals surface area contributed by atoms with Crippen molar-refractivity contribution >= 4 is 10.9 Å². The van der Waals surface area contributed by atoms with E-state index in [1.807, 2.05) is 6.07 Å². The predicted octanol–water partition coefficient (Wildman–Crippen LogP) is 1.12. The molecule has 2 N–H and O–H groups in total. The Hall–Kier alpha value is -2.50. The Kier molecular flexibility index (Phi) is 1.79. The van der Waals surface area contributed by atoms with Crippen molar-refractivity contribution in [1.29, 1.82) is 0 Å². The third kappa shape index (κ3) is 1.20. The van der Waals surface area contributed by atoms with Gasteiger partial charge in [-0.1, -0.05) is 6.07 Å². The van der Waals surface area contributed by atoms with Gasteiger partial charge in [0.05, 0.1) is 0 Å². The molecule has 2 heterocycles. The normalized spacial score (nSPS) is 10.8. The van der Waals surface area contributed by atoms with E-state index in [0.29, 0.717) is 11.3 Å². The summed E-state index contributed by atoms with van der Waals surface area (Å²) in [4.78, 5) is 4.12. The molecule has 0 bridgehead atoms. The molecule has 2 aromatic heterocycles. The number of H-pyrrole nitrogens is 1. The van der Waals surface area contributed by atoms with Gasteiger partial charge in [-0.05, 0) is 23.4 Å². The topological polar surface area (TPSA) is 87.6 Å². The molecule has 0 saturated carbocycles. The molecule has 0 atom stereocenters. The van der Waals surface area contributed by atoms with Gasteiger partial charge in [-0.2, -0.15) is 5.21 Å². The Morgan fingerprint density at radius 1 is 1.19 bits per heavy atom. The first-order valence-corrected chi connectivity index (χ1v) is 4.67. The van der Waals surface area contributed by atoms with Crippen molar-refractivity contribution < 1.29 is 5.11 Å². The van der Waals surface area contributed by atoms with E-state index in [4.69, 9.17) is 0 Å². The van der Waals surface area contributed by atoms with Crippen molar-refractivity contribution in [2.75, 3.05) is 0 Å². The highest BCUT2D eigenvalue weighted by Crippen LogP contribution is 2.29. The Morgan fingerprint density at radius 3 is 2.94 bits per heavy atom. The minimum absolute atomic E-state index is 0.142. The van der Waals surface area contributed by atoms with Gasteiger partial charge in [0.15, 0.2) is 0 Å². The molecule has 0 aliphatic rings. The Labute approximate surface area is 90.0 Å².